The summed E-state index contributed by atoms with van der Waals surface area (Å²) in [5, 5.41) is 16.7. The molecule has 0 fully saturated rings. The maximum absolute atomic E-state index is 11.6. The van der Waals surface area contributed by atoms with Crippen molar-refractivity contribution in [3.63, 3.8) is 0 Å². The summed E-state index contributed by atoms with van der Waals surface area (Å²) in [6.45, 7) is 6.35. The Kier molecular flexibility index (Phi) is 5.73. The molecule has 0 bridgehead atoms. The van der Waals surface area contributed by atoms with Crippen LogP contribution >= 0.6 is 22.6 Å². The van der Waals surface area contributed by atoms with E-state index in [0.717, 1.165) is 3.57 Å². The van der Waals surface area contributed by atoms with E-state index in [1.165, 1.54) is 6.07 Å². The van der Waals surface area contributed by atoms with Crippen molar-refractivity contribution in [3.8, 4) is 0 Å². The Bertz CT molecular complexity index is 512. The highest BCUT2D eigenvalue weighted by molar-refractivity contribution is 14.1. The summed E-state index contributed by atoms with van der Waals surface area (Å²) in [6, 6.07) is 4.98. The molecular weight excluding hydrogens is 373 g/mol. The summed E-state index contributed by atoms with van der Waals surface area (Å²) in [5.74, 6) is -0.0450. The monoisotopic (exact) mass is 391 g/mol. The fraction of sp³-hybridized carbons (Fsp3) is 0.462. The van der Waals surface area contributed by atoms with Gasteiger partial charge in [0.25, 0.3) is 5.69 Å². The van der Waals surface area contributed by atoms with Crippen LogP contribution in [0.1, 0.15) is 20.8 Å². The van der Waals surface area contributed by atoms with Gasteiger partial charge in [-0.2, -0.15) is 0 Å². The topological polar surface area (TPSA) is 84.3 Å². The van der Waals surface area contributed by atoms with Crippen molar-refractivity contribution in [2.45, 2.75) is 20.8 Å². The maximum atomic E-state index is 11.6. The highest BCUT2D eigenvalue weighted by atomic mass is 127. The van der Waals surface area contributed by atoms with Crippen LogP contribution in [0, 0.1) is 19.1 Å². The number of halogens is 1. The van der Waals surface area contributed by atoms with Crippen LogP contribution in [0.2, 0.25) is 0 Å². The van der Waals surface area contributed by atoms with Crippen molar-refractivity contribution in [2.75, 3.05) is 18.4 Å². The summed E-state index contributed by atoms with van der Waals surface area (Å²) in [7, 11) is 0. The number of amides is 1. The van der Waals surface area contributed by atoms with Gasteiger partial charge >= 0.3 is 0 Å². The van der Waals surface area contributed by atoms with Crippen LogP contribution in [-0.4, -0.2) is 23.9 Å². The Morgan fingerprint density at radius 2 is 2.00 bits per heavy atom. The minimum atomic E-state index is -0.436. The van der Waals surface area contributed by atoms with Crippen LogP contribution in [0.5, 0.6) is 0 Å². The van der Waals surface area contributed by atoms with Gasteiger partial charge in [0.15, 0.2) is 0 Å². The van der Waals surface area contributed by atoms with Crippen molar-refractivity contribution < 1.29 is 9.72 Å². The van der Waals surface area contributed by atoms with Gasteiger partial charge in [-0.25, -0.2) is 0 Å². The average Bonchev–Trinajstić information content (AvgIpc) is 2.34. The molecule has 0 atom stereocenters. The molecule has 1 amide bonds. The lowest BCUT2D eigenvalue weighted by Crippen LogP contribution is -2.37. The van der Waals surface area contributed by atoms with E-state index in [2.05, 4.69) is 10.6 Å². The zero-order chi connectivity index (χ0) is 15.3. The standard InChI is InChI=1S/C13H18IN3O3/c1-13(2,3)12(18)16-7-6-15-10-5-4-9(14)8-11(10)17(19)20/h4-5,8,15H,6-7H2,1-3H3,(H,16,18). The first-order valence-electron chi connectivity index (χ1n) is 6.18. The van der Waals surface area contributed by atoms with Crippen LogP contribution in [0.4, 0.5) is 11.4 Å². The highest BCUT2D eigenvalue weighted by Crippen LogP contribution is 2.25. The van der Waals surface area contributed by atoms with Crippen molar-refractivity contribution in [2.24, 2.45) is 5.41 Å². The summed E-state index contributed by atoms with van der Waals surface area (Å²) in [6.07, 6.45) is 0. The first kappa shape index (κ1) is 16.7. The third kappa shape index (κ3) is 4.95. The Labute approximate surface area is 131 Å². The lowest BCUT2D eigenvalue weighted by atomic mass is 9.96. The molecule has 2 N–H and O–H groups in total. The Morgan fingerprint density at radius 3 is 2.55 bits per heavy atom. The average molecular weight is 391 g/mol. The van der Waals surface area contributed by atoms with Gasteiger partial charge in [-0.15, -0.1) is 0 Å². The van der Waals surface area contributed by atoms with Crippen LogP contribution in [0.15, 0.2) is 18.2 Å². The number of carbonyl (C=O) groups is 1. The van der Waals surface area contributed by atoms with E-state index >= 15 is 0 Å². The molecule has 1 rings (SSSR count). The predicted octanol–water partition coefficient (Wildman–Crippen LogP) is 2.77. The first-order valence-corrected chi connectivity index (χ1v) is 7.26. The number of nitrogens with one attached hydrogen (secondary N) is 2. The number of anilines is 1. The Hall–Kier alpha value is -1.38. The molecule has 0 saturated carbocycles. The molecule has 0 aliphatic heterocycles. The fourth-order valence-electron chi connectivity index (χ4n) is 1.44. The minimum absolute atomic E-state index is 0.0408. The number of benzene rings is 1. The third-order valence-corrected chi connectivity index (χ3v) is 3.23. The van der Waals surface area contributed by atoms with Gasteiger partial charge in [0.05, 0.1) is 4.92 Å². The molecule has 0 aromatic heterocycles. The number of hydrogen-bond acceptors (Lipinski definition) is 4. The van der Waals surface area contributed by atoms with E-state index in [1.54, 1.807) is 12.1 Å². The Morgan fingerprint density at radius 1 is 1.35 bits per heavy atom. The van der Waals surface area contributed by atoms with Crippen molar-refractivity contribution >= 4 is 39.9 Å². The fourth-order valence-corrected chi connectivity index (χ4v) is 1.92. The normalized spacial score (nSPS) is 11.0. The van der Waals surface area contributed by atoms with E-state index in [-0.39, 0.29) is 11.6 Å². The molecule has 0 aliphatic carbocycles. The van der Waals surface area contributed by atoms with Gasteiger partial charge < -0.3 is 10.6 Å². The predicted molar refractivity (Wildman–Crippen MR) is 86.8 cm³/mol. The smallest absolute Gasteiger partial charge is 0.293 e. The minimum Gasteiger partial charge on any atom is -0.378 e. The lowest BCUT2D eigenvalue weighted by molar-refractivity contribution is -0.384. The van der Waals surface area contributed by atoms with Crippen molar-refractivity contribution in [1.29, 1.82) is 0 Å². The van der Waals surface area contributed by atoms with Gasteiger partial charge in [0, 0.05) is 28.1 Å². The molecule has 20 heavy (non-hydrogen) atoms. The lowest BCUT2D eigenvalue weighted by Gasteiger charge is -2.17. The van der Waals surface area contributed by atoms with Crippen molar-refractivity contribution in [3.05, 3.63) is 31.9 Å². The van der Waals surface area contributed by atoms with E-state index in [4.69, 9.17) is 0 Å². The molecule has 0 radical (unpaired) electrons. The number of rotatable bonds is 5. The quantitative estimate of drug-likeness (QED) is 0.350. The zero-order valence-electron chi connectivity index (χ0n) is 11.7. The number of hydrogen-bond donors (Lipinski definition) is 2. The molecule has 0 unspecified atom stereocenters. The van der Waals surface area contributed by atoms with Crippen LogP contribution in [0.3, 0.4) is 0 Å². The number of nitrogens with zero attached hydrogens (tertiary/aromatic N) is 1. The second kappa shape index (κ2) is 6.87. The first-order chi connectivity index (χ1) is 9.21. The molecular formula is C13H18IN3O3. The number of nitro benzene ring substituents is 1. The van der Waals surface area contributed by atoms with Crippen molar-refractivity contribution in [1.82, 2.24) is 5.32 Å². The summed E-state index contributed by atoms with van der Waals surface area (Å²) >= 11 is 2.03. The third-order valence-electron chi connectivity index (χ3n) is 2.56. The van der Waals surface area contributed by atoms with Gasteiger partial charge in [0.2, 0.25) is 5.91 Å². The molecule has 1 aromatic carbocycles. The van der Waals surface area contributed by atoms with E-state index in [0.29, 0.717) is 18.8 Å². The summed E-state index contributed by atoms with van der Waals surface area (Å²) in [5.41, 5.74) is 0.0639. The second-order valence-electron chi connectivity index (χ2n) is 5.35. The summed E-state index contributed by atoms with van der Waals surface area (Å²) < 4.78 is 0.806. The van der Waals surface area contributed by atoms with E-state index in [9.17, 15) is 14.9 Å². The molecule has 6 nitrogen and oxygen atoms in total. The maximum Gasteiger partial charge on any atom is 0.293 e. The van der Waals surface area contributed by atoms with E-state index < -0.39 is 10.3 Å². The largest absolute Gasteiger partial charge is 0.378 e. The molecule has 0 aliphatic rings. The number of carbonyl (C=O) groups excluding carboxylic acids is 1. The molecule has 0 saturated heterocycles. The van der Waals surface area contributed by atoms with Gasteiger partial charge in [-0.05, 0) is 34.7 Å². The van der Waals surface area contributed by atoms with E-state index in [1.807, 2.05) is 43.4 Å². The van der Waals surface area contributed by atoms with Crippen LogP contribution in [0.25, 0.3) is 0 Å². The van der Waals surface area contributed by atoms with Crippen LogP contribution < -0.4 is 10.6 Å². The molecule has 0 heterocycles. The number of nitro groups is 1. The second-order valence-corrected chi connectivity index (χ2v) is 6.60. The molecule has 0 spiro atoms. The molecule has 1 aromatic rings. The summed E-state index contributed by atoms with van der Waals surface area (Å²) in [4.78, 5) is 22.2. The van der Waals surface area contributed by atoms with Gasteiger partial charge in [0.1, 0.15) is 5.69 Å². The van der Waals surface area contributed by atoms with Gasteiger partial charge in [-0.1, -0.05) is 20.8 Å². The highest BCUT2D eigenvalue weighted by Gasteiger charge is 2.20. The Balaban J connectivity index is 2.55. The molecule has 110 valence electrons. The zero-order valence-corrected chi connectivity index (χ0v) is 13.9. The molecule has 7 heteroatoms. The van der Waals surface area contributed by atoms with Crippen LogP contribution in [-0.2, 0) is 4.79 Å². The van der Waals surface area contributed by atoms with Gasteiger partial charge in [-0.3, -0.25) is 14.9 Å². The SMILES string of the molecule is CC(C)(C)C(=O)NCCNc1ccc(I)cc1[N+](=O)[O-].